The van der Waals surface area contributed by atoms with Crippen molar-refractivity contribution in [1.82, 2.24) is 9.97 Å². The molecule has 18 heavy (non-hydrogen) atoms. The van der Waals surface area contributed by atoms with E-state index in [4.69, 9.17) is 0 Å². The molecular weight excluding hydrogens is 299 g/mol. The lowest BCUT2D eigenvalue weighted by molar-refractivity contribution is 0.631. The highest BCUT2D eigenvalue weighted by molar-refractivity contribution is 9.10. The van der Waals surface area contributed by atoms with Crippen molar-refractivity contribution < 1.29 is 4.39 Å². The van der Waals surface area contributed by atoms with Crippen LogP contribution in [-0.4, -0.2) is 17.0 Å². The maximum atomic E-state index is 13.6. The second kappa shape index (κ2) is 5.30. The van der Waals surface area contributed by atoms with Gasteiger partial charge in [0, 0.05) is 7.05 Å². The van der Waals surface area contributed by atoms with Gasteiger partial charge in [-0.3, -0.25) is 0 Å². The maximum absolute atomic E-state index is 13.6. The molecule has 0 saturated carbocycles. The van der Waals surface area contributed by atoms with Gasteiger partial charge < -0.3 is 10.6 Å². The molecule has 2 rings (SSSR count). The molecule has 6 heteroatoms. The third-order valence-electron chi connectivity index (χ3n) is 2.40. The fourth-order valence-corrected chi connectivity index (χ4v) is 2.00. The molecule has 0 atom stereocenters. The van der Waals surface area contributed by atoms with Crippen LogP contribution in [0.15, 0.2) is 29.0 Å². The van der Waals surface area contributed by atoms with Gasteiger partial charge in [0.1, 0.15) is 28.3 Å². The van der Waals surface area contributed by atoms with Crippen LogP contribution in [0.5, 0.6) is 0 Å². The van der Waals surface area contributed by atoms with Crippen LogP contribution in [-0.2, 0) is 0 Å². The van der Waals surface area contributed by atoms with Gasteiger partial charge in [-0.05, 0) is 40.5 Å². The van der Waals surface area contributed by atoms with Gasteiger partial charge in [-0.1, -0.05) is 6.07 Å². The molecule has 0 fully saturated rings. The Morgan fingerprint density at radius 1 is 1.22 bits per heavy atom. The van der Waals surface area contributed by atoms with Crippen LogP contribution in [0.1, 0.15) is 5.56 Å². The fourth-order valence-electron chi connectivity index (χ4n) is 1.49. The van der Waals surface area contributed by atoms with Crippen molar-refractivity contribution in [3.63, 3.8) is 0 Å². The maximum Gasteiger partial charge on any atom is 0.150 e. The first-order chi connectivity index (χ1) is 8.61. The largest absolute Gasteiger partial charge is 0.372 e. The summed E-state index contributed by atoms with van der Waals surface area (Å²) in [6, 6.07) is 4.86. The van der Waals surface area contributed by atoms with Crippen LogP contribution in [0.2, 0.25) is 0 Å². The third kappa shape index (κ3) is 2.59. The summed E-state index contributed by atoms with van der Waals surface area (Å²) < 4.78 is 14.3. The number of benzene rings is 1. The van der Waals surface area contributed by atoms with E-state index >= 15 is 0 Å². The zero-order valence-corrected chi connectivity index (χ0v) is 11.5. The number of aryl methyl sites for hydroxylation is 1. The SMILES string of the molecule is CNc1ncnc(Nc2cc(C)ccc2F)c1Br. The van der Waals surface area contributed by atoms with Crippen LogP contribution < -0.4 is 10.6 Å². The van der Waals surface area contributed by atoms with Gasteiger partial charge >= 0.3 is 0 Å². The zero-order valence-electron chi connectivity index (χ0n) is 9.96. The molecule has 0 saturated heterocycles. The van der Waals surface area contributed by atoms with E-state index in [1.165, 1.54) is 12.4 Å². The van der Waals surface area contributed by atoms with E-state index in [9.17, 15) is 4.39 Å². The second-order valence-electron chi connectivity index (χ2n) is 3.74. The number of aromatic nitrogens is 2. The Balaban J connectivity index is 2.37. The number of halogens is 2. The molecule has 0 radical (unpaired) electrons. The molecule has 0 aliphatic heterocycles. The van der Waals surface area contributed by atoms with Crippen molar-refractivity contribution in [3.05, 3.63) is 40.4 Å². The summed E-state index contributed by atoms with van der Waals surface area (Å²) in [4.78, 5) is 8.11. The van der Waals surface area contributed by atoms with E-state index < -0.39 is 0 Å². The summed E-state index contributed by atoms with van der Waals surface area (Å²) >= 11 is 3.37. The predicted molar refractivity (Wildman–Crippen MR) is 73.7 cm³/mol. The van der Waals surface area contributed by atoms with Crippen molar-refractivity contribution in [2.75, 3.05) is 17.7 Å². The number of anilines is 3. The summed E-state index contributed by atoms with van der Waals surface area (Å²) in [7, 11) is 1.75. The van der Waals surface area contributed by atoms with Crippen LogP contribution in [0.4, 0.5) is 21.7 Å². The smallest absolute Gasteiger partial charge is 0.150 e. The van der Waals surface area contributed by atoms with Gasteiger partial charge in [0.2, 0.25) is 0 Å². The Morgan fingerprint density at radius 3 is 2.67 bits per heavy atom. The number of nitrogens with zero attached hydrogens (tertiary/aromatic N) is 2. The lowest BCUT2D eigenvalue weighted by atomic mass is 10.2. The Hall–Kier alpha value is -1.69. The molecule has 0 spiro atoms. The zero-order chi connectivity index (χ0) is 13.1. The predicted octanol–water partition coefficient (Wildman–Crippen LogP) is 3.47. The molecule has 1 heterocycles. The molecule has 94 valence electrons. The van der Waals surface area contributed by atoms with Crippen LogP contribution in [0, 0.1) is 12.7 Å². The summed E-state index contributed by atoms with van der Waals surface area (Å²) in [5, 5.41) is 5.86. The van der Waals surface area contributed by atoms with Gasteiger partial charge in [-0.25, -0.2) is 14.4 Å². The van der Waals surface area contributed by atoms with E-state index in [1.54, 1.807) is 19.2 Å². The number of hydrogen-bond donors (Lipinski definition) is 2. The van der Waals surface area contributed by atoms with E-state index in [0.29, 0.717) is 21.8 Å². The van der Waals surface area contributed by atoms with E-state index in [1.807, 2.05) is 6.92 Å². The van der Waals surface area contributed by atoms with Crippen LogP contribution in [0.25, 0.3) is 0 Å². The van der Waals surface area contributed by atoms with Crippen LogP contribution >= 0.6 is 15.9 Å². The quantitative estimate of drug-likeness (QED) is 0.911. The van der Waals surface area contributed by atoms with Gasteiger partial charge in [0.15, 0.2) is 0 Å². The molecule has 0 bridgehead atoms. The highest BCUT2D eigenvalue weighted by Gasteiger charge is 2.09. The van der Waals surface area contributed by atoms with Crippen LogP contribution in [0.3, 0.4) is 0 Å². The van der Waals surface area contributed by atoms with E-state index in [-0.39, 0.29) is 5.82 Å². The summed E-state index contributed by atoms with van der Waals surface area (Å²) in [5.41, 5.74) is 1.36. The first-order valence-electron chi connectivity index (χ1n) is 5.33. The highest BCUT2D eigenvalue weighted by atomic mass is 79.9. The number of hydrogen-bond acceptors (Lipinski definition) is 4. The standard InChI is InChI=1S/C12H12BrFN4/c1-7-3-4-8(14)9(5-7)18-12-10(13)11(15-2)16-6-17-12/h3-6H,1-2H3,(H2,15,16,17,18). The molecule has 0 aliphatic rings. The fraction of sp³-hybridized carbons (Fsp3) is 0.167. The normalized spacial score (nSPS) is 10.2. The molecule has 1 aromatic heterocycles. The Bertz CT molecular complexity index is 574. The number of nitrogens with one attached hydrogen (secondary N) is 2. The Kier molecular flexibility index (Phi) is 3.76. The summed E-state index contributed by atoms with van der Waals surface area (Å²) in [5.74, 6) is 0.830. The van der Waals surface area contributed by atoms with Crippen molar-refractivity contribution in [2.45, 2.75) is 6.92 Å². The highest BCUT2D eigenvalue weighted by Crippen LogP contribution is 2.29. The first-order valence-corrected chi connectivity index (χ1v) is 6.12. The lowest BCUT2D eigenvalue weighted by Crippen LogP contribution is -2.01. The van der Waals surface area contributed by atoms with Crippen molar-refractivity contribution in [3.8, 4) is 0 Å². The number of rotatable bonds is 3. The topological polar surface area (TPSA) is 49.8 Å². The molecule has 1 aromatic carbocycles. The molecule has 2 aromatic rings. The first kappa shape index (κ1) is 12.8. The van der Waals surface area contributed by atoms with E-state index in [0.717, 1.165) is 5.56 Å². The minimum Gasteiger partial charge on any atom is -0.372 e. The Morgan fingerprint density at radius 2 is 1.94 bits per heavy atom. The van der Waals surface area contributed by atoms with Gasteiger partial charge in [-0.15, -0.1) is 0 Å². The minimum atomic E-state index is -0.322. The molecule has 0 amide bonds. The monoisotopic (exact) mass is 310 g/mol. The summed E-state index contributed by atoms with van der Waals surface area (Å²) in [6.45, 7) is 1.90. The average Bonchev–Trinajstić information content (AvgIpc) is 2.36. The van der Waals surface area contributed by atoms with Crippen molar-refractivity contribution >= 4 is 33.3 Å². The Labute approximate surface area is 113 Å². The molecule has 0 aliphatic carbocycles. The second-order valence-corrected chi connectivity index (χ2v) is 4.54. The van der Waals surface area contributed by atoms with E-state index in [2.05, 4.69) is 36.5 Å². The molecule has 2 N–H and O–H groups in total. The molecule has 0 unspecified atom stereocenters. The third-order valence-corrected chi connectivity index (χ3v) is 3.15. The average molecular weight is 311 g/mol. The molecule has 4 nitrogen and oxygen atoms in total. The minimum absolute atomic E-state index is 0.322. The van der Waals surface area contributed by atoms with Crippen molar-refractivity contribution in [2.24, 2.45) is 0 Å². The summed E-state index contributed by atoms with van der Waals surface area (Å²) in [6.07, 6.45) is 1.41. The molecular formula is C12H12BrFN4. The van der Waals surface area contributed by atoms with Crippen molar-refractivity contribution in [1.29, 1.82) is 0 Å². The van der Waals surface area contributed by atoms with Gasteiger partial charge in [-0.2, -0.15) is 0 Å². The van der Waals surface area contributed by atoms with Gasteiger partial charge in [0.05, 0.1) is 5.69 Å². The lowest BCUT2D eigenvalue weighted by Gasteiger charge is -2.11. The van der Waals surface area contributed by atoms with Gasteiger partial charge in [0.25, 0.3) is 0 Å².